The molecule has 0 bridgehead atoms. The molecule has 0 aromatic rings. The molecule has 2 amide bonds. The second-order valence-corrected chi connectivity index (χ2v) is 5.59. The van der Waals surface area contributed by atoms with Gasteiger partial charge in [0, 0.05) is 5.54 Å². The van der Waals surface area contributed by atoms with Gasteiger partial charge in [-0.3, -0.25) is 0 Å². The molecule has 0 aliphatic rings. The summed E-state index contributed by atoms with van der Waals surface area (Å²) in [6, 6.07) is 1.57. The molecule has 0 spiro atoms. The van der Waals surface area contributed by atoms with Gasteiger partial charge in [0.05, 0.1) is 6.07 Å². The van der Waals surface area contributed by atoms with Crippen molar-refractivity contribution in [2.75, 3.05) is 6.54 Å². The van der Waals surface area contributed by atoms with Gasteiger partial charge < -0.3 is 10.6 Å². The minimum absolute atomic E-state index is 0.0391. The highest BCUT2D eigenvalue weighted by atomic mass is 16.2. The first-order valence-electron chi connectivity index (χ1n) is 5.09. The van der Waals surface area contributed by atoms with Gasteiger partial charge in [-0.2, -0.15) is 5.26 Å². The first-order valence-corrected chi connectivity index (χ1v) is 5.09. The Balaban J connectivity index is 4.14. The number of carbonyl (C=O) groups excluding carboxylic acids is 1. The Bertz CT molecular complexity index is 258. The zero-order valence-electron chi connectivity index (χ0n) is 10.3. The van der Waals surface area contributed by atoms with Gasteiger partial charge in [0.2, 0.25) is 0 Å². The summed E-state index contributed by atoms with van der Waals surface area (Å²) < 4.78 is 0. The first-order chi connectivity index (χ1) is 6.66. The highest BCUT2D eigenvalue weighted by molar-refractivity contribution is 5.74. The molecular formula is C11H21N3O. The van der Waals surface area contributed by atoms with Crippen molar-refractivity contribution in [3.8, 4) is 6.07 Å². The zero-order chi connectivity index (χ0) is 12.1. The van der Waals surface area contributed by atoms with Gasteiger partial charge in [-0.15, -0.1) is 0 Å². The molecule has 86 valence electrons. The lowest BCUT2D eigenvalue weighted by atomic mass is 9.82. The van der Waals surface area contributed by atoms with Crippen molar-refractivity contribution < 1.29 is 4.79 Å². The van der Waals surface area contributed by atoms with Gasteiger partial charge >= 0.3 is 6.03 Å². The number of carbonyl (C=O) groups is 1. The van der Waals surface area contributed by atoms with Gasteiger partial charge in [0.1, 0.15) is 6.54 Å². The van der Waals surface area contributed by atoms with Crippen LogP contribution in [-0.2, 0) is 0 Å². The van der Waals surface area contributed by atoms with Gasteiger partial charge in [0.15, 0.2) is 0 Å². The molecule has 4 heteroatoms. The molecule has 15 heavy (non-hydrogen) atoms. The molecule has 0 aliphatic heterocycles. The third kappa shape index (κ3) is 7.80. The van der Waals surface area contributed by atoms with E-state index in [1.165, 1.54) is 0 Å². The van der Waals surface area contributed by atoms with Crippen LogP contribution in [0.5, 0.6) is 0 Å². The third-order valence-corrected chi connectivity index (χ3v) is 1.75. The lowest BCUT2D eigenvalue weighted by molar-refractivity contribution is 0.211. The Kier molecular flexibility index (Phi) is 4.60. The Morgan fingerprint density at radius 3 is 2.20 bits per heavy atom. The quantitative estimate of drug-likeness (QED) is 0.701. The Labute approximate surface area is 92.0 Å². The number of hydrogen-bond donors (Lipinski definition) is 2. The summed E-state index contributed by atoms with van der Waals surface area (Å²) in [7, 11) is 0. The Morgan fingerprint density at radius 1 is 1.27 bits per heavy atom. The predicted octanol–water partition coefficient (Wildman–Crippen LogP) is 2.02. The molecule has 0 aromatic heterocycles. The lowest BCUT2D eigenvalue weighted by Gasteiger charge is -2.33. The number of amides is 2. The van der Waals surface area contributed by atoms with Crippen LogP contribution in [0, 0.1) is 16.7 Å². The maximum atomic E-state index is 11.3. The fourth-order valence-corrected chi connectivity index (χ4v) is 1.84. The summed E-state index contributed by atoms with van der Waals surface area (Å²) in [5.41, 5.74) is -0.107. The van der Waals surface area contributed by atoms with Crippen LogP contribution in [0.1, 0.15) is 41.0 Å². The van der Waals surface area contributed by atoms with Crippen molar-refractivity contribution in [3.63, 3.8) is 0 Å². The van der Waals surface area contributed by atoms with Gasteiger partial charge in [0.25, 0.3) is 0 Å². The molecule has 0 radical (unpaired) electrons. The minimum atomic E-state index is -0.286. The summed E-state index contributed by atoms with van der Waals surface area (Å²) in [6.45, 7) is 10.4. The molecule has 0 heterocycles. The van der Waals surface area contributed by atoms with E-state index < -0.39 is 0 Å². The number of hydrogen-bond acceptors (Lipinski definition) is 2. The normalized spacial score (nSPS) is 11.7. The molecule has 0 unspecified atom stereocenters. The maximum Gasteiger partial charge on any atom is 0.316 e. The number of nitrogens with one attached hydrogen (secondary N) is 2. The van der Waals surface area contributed by atoms with Crippen LogP contribution in [0.15, 0.2) is 0 Å². The van der Waals surface area contributed by atoms with Crippen molar-refractivity contribution in [3.05, 3.63) is 0 Å². The summed E-state index contributed by atoms with van der Waals surface area (Å²) >= 11 is 0. The molecule has 0 aliphatic carbocycles. The highest BCUT2D eigenvalue weighted by Gasteiger charge is 2.26. The smallest absolute Gasteiger partial charge is 0.316 e. The van der Waals surface area contributed by atoms with Crippen molar-refractivity contribution in [2.24, 2.45) is 5.41 Å². The number of urea groups is 1. The molecule has 0 rings (SSSR count). The van der Waals surface area contributed by atoms with E-state index in [1.807, 2.05) is 19.9 Å². The van der Waals surface area contributed by atoms with Crippen LogP contribution < -0.4 is 10.6 Å². The largest absolute Gasteiger partial charge is 0.333 e. The maximum absolute atomic E-state index is 11.3. The van der Waals surface area contributed by atoms with Crippen LogP contribution in [0.25, 0.3) is 0 Å². The molecule has 2 N–H and O–H groups in total. The highest BCUT2D eigenvalue weighted by Crippen LogP contribution is 2.26. The van der Waals surface area contributed by atoms with Crippen molar-refractivity contribution in [1.29, 1.82) is 5.26 Å². The zero-order valence-corrected chi connectivity index (χ0v) is 10.3. The standard InChI is InChI=1S/C11H21N3O/c1-10(2,3)8-11(4,5)14-9(15)13-7-6-12/h7-8H2,1-5H3,(H2,13,14,15). The summed E-state index contributed by atoms with van der Waals surface area (Å²) in [5.74, 6) is 0. The van der Waals surface area contributed by atoms with Crippen LogP contribution in [0.3, 0.4) is 0 Å². The second-order valence-electron chi connectivity index (χ2n) is 5.59. The average Bonchev–Trinajstić information content (AvgIpc) is 1.94. The van der Waals surface area contributed by atoms with Crippen molar-refractivity contribution in [1.82, 2.24) is 10.6 Å². The topological polar surface area (TPSA) is 64.9 Å². The molecule has 4 nitrogen and oxygen atoms in total. The molecule has 0 aromatic carbocycles. The average molecular weight is 211 g/mol. The van der Waals surface area contributed by atoms with E-state index in [2.05, 4.69) is 31.4 Å². The van der Waals surface area contributed by atoms with Crippen LogP contribution >= 0.6 is 0 Å². The SMILES string of the molecule is CC(C)(C)CC(C)(C)NC(=O)NCC#N. The van der Waals surface area contributed by atoms with Gasteiger partial charge in [-0.05, 0) is 25.7 Å². The van der Waals surface area contributed by atoms with E-state index in [0.29, 0.717) is 0 Å². The number of rotatable bonds is 3. The number of nitriles is 1. The predicted molar refractivity (Wildman–Crippen MR) is 60.3 cm³/mol. The number of nitrogens with zero attached hydrogens (tertiary/aromatic N) is 1. The van der Waals surface area contributed by atoms with Crippen LogP contribution in [-0.4, -0.2) is 18.1 Å². The minimum Gasteiger partial charge on any atom is -0.333 e. The van der Waals surface area contributed by atoms with Crippen molar-refractivity contribution >= 4 is 6.03 Å². The lowest BCUT2D eigenvalue weighted by Crippen LogP contribution is -2.50. The van der Waals surface area contributed by atoms with Crippen molar-refractivity contribution in [2.45, 2.75) is 46.6 Å². The van der Waals surface area contributed by atoms with E-state index in [4.69, 9.17) is 5.26 Å². The van der Waals surface area contributed by atoms with Crippen LogP contribution in [0.2, 0.25) is 0 Å². The van der Waals surface area contributed by atoms with E-state index >= 15 is 0 Å². The van der Waals surface area contributed by atoms with E-state index in [9.17, 15) is 4.79 Å². The summed E-state index contributed by atoms with van der Waals surface area (Å²) in [4.78, 5) is 11.3. The molecular weight excluding hydrogens is 190 g/mol. The second kappa shape index (κ2) is 5.01. The van der Waals surface area contributed by atoms with E-state index in [1.54, 1.807) is 0 Å². The van der Waals surface area contributed by atoms with E-state index in [-0.39, 0.29) is 23.5 Å². The van der Waals surface area contributed by atoms with Gasteiger partial charge in [-0.1, -0.05) is 20.8 Å². The Hall–Kier alpha value is -1.24. The monoisotopic (exact) mass is 211 g/mol. The molecule has 0 atom stereocenters. The van der Waals surface area contributed by atoms with E-state index in [0.717, 1.165) is 6.42 Å². The fraction of sp³-hybridized carbons (Fsp3) is 0.818. The summed E-state index contributed by atoms with van der Waals surface area (Å²) in [6.07, 6.45) is 0.875. The first kappa shape index (κ1) is 13.8. The van der Waals surface area contributed by atoms with Crippen LogP contribution in [0.4, 0.5) is 4.79 Å². The fourth-order valence-electron chi connectivity index (χ4n) is 1.84. The summed E-state index contributed by atoms with van der Waals surface area (Å²) in [5, 5.41) is 13.6. The molecule has 0 saturated carbocycles. The molecule has 0 saturated heterocycles. The molecule has 0 fully saturated rings. The van der Waals surface area contributed by atoms with Gasteiger partial charge in [-0.25, -0.2) is 4.79 Å². The third-order valence-electron chi connectivity index (χ3n) is 1.75. The Morgan fingerprint density at radius 2 is 1.80 bits per heavy atom.